The molecule has 186 valence electrons. The summed E-state index contributed by atoms with van der Waals surface area (Å²) in [5.74, 6) is 0.687. The monoisotopic (exact) mass is 529 g/mol. The summed E-state index contributed by atoms with van der Waals surface area (Å²) < 4.78 is 13.4. The van der Waals surface area contributed by atoms with E-state index >= 15 is 0 Å². The summed E-state index contributed by atoms with van der Waals surface area (Å²) in [7, 11) is 1.54. The number of para-hydroxylation sites is 2. The van der Waals surface area contributed by atoms with E-state index in [2.05, 4.69) is 4.98 Å². The minimum absolute atomic E-state index is 0.0742. The van der Waals surface area contributed by atoms with Gasteiger partial charge in [-0.3, -0.25) is 18.9 Å². The molecule has 1 aliphatic heterocycles. The fourth-order valence-electron chi connectivity index (χ4n) is 4.13. The van der Waals surface area contributed by atoms with Crippen LogP contribution in [0.2, 0.25) is 0 Å². The Bertz CT molecular complexity index is 1620. The van der Waals surface area contributed by atoms with Gasteiger partial charge in [0.15, 0.2) is 11.5 Å². The van der Waals surface area contributed by atoms with Crippen molar-refractivity contribution in [1.82, 2.24) is 14.3 Å². The Kier molecular flexibility index (Phi) is 6.82. The highest BCUT2D eigenvalue weighted by Gasteiger charge is 2.36. The molecule has 1 aliphatic rings. The van der Waals surface area contributed by atoms with E-state index in [9.17, 15) is 9.59 Å². The van der Waals surface area contributed by atoms with Crippen LogP contribution in [-0.4, -0.2) is 31.6 Å². The summed E-state index contributed by atoms with van der Waals surface area (Å²) in [4.78, 5) is 33.7. The summed E-state index contributed by atoms with van der Waals surface area (Å²) in [5.41, 5.74) is 2.00. The molecule has 1 atom stereocenters. The van der Waals surface area contributed by atoms with Crippen LogP contribution in [0.15, 0.2) is 82.6 Å². The highest BCUT2D eigenvalue weighted by molar-refractivity contribution is 8.26. The topological polar surface area (TPSA) is 73.1 Å². The zero-order valence-electron chi connectivity index (χ0n) is 20.4. The number of hydrogen-bond acceptors (Lipinski definition) is 7. The Balaban J connectivity index is 1.62. The lowest BCUT2D eigenvalue weighted by molar-refractivity contribution is -0.123. The molecule has 2 aromatic carbocycles. The van der Waals surface area contributed by atoms with E-state index in [1.807, 2.05) is 56.3 Å². The Hall–Kier alpha value is -3.95. The molecule has 7 nitrogen and oxygen atoms in total. The van der Waals surface area contributed by atoms with Gasteiger partial charge in [-0.2, -0.15) is 4.98 Å². The third-order valence-corrected chi connectivity index (χ3v) is 7.42. The molecular weight excluding hydrogens is 506 g/mol. The molecule has 5 rings (SSSR count). The highest BCUT2D eigenvalue weighted by atomic mass is 32.2. The van der Waals surface area contributed by atoms with Crippen molar-refractivity contribution in [3.63, 3.8) is 0 Å². The number of fused-ring (bicyclic) bond motifs is 1. The predicted molar refractivity (Wildman–Crippen MR) is 149 cm³/mol. The largest absolute Gasteiger partial charge is 0.493 e. The highest BCUT2D eigenvalue weighted by Crippen LogP contribution is 2.39. The van der Waals surface area contributed by atoms with Crippen LogP contribution in [0.25, 0.3) is 11.7 Å². The molecular formula is C28H23N3O4S2. The molecule has 0 aliphatic carbocycles. The van der Waals surface area contributed by atoms with Crippen molar-refractivity contribution in [1.29, 1.82) is 0 Å². The number of benzene rings is 2. The number of aromatic nitrogens is 2. The zero-order valence-corrected chi connectivity index (χ0v) is 22.0. The molecule has 0 bridgehead atoms. The molecule has 4 aromatic rings. The van der Waals surface area contributed by atoms with E-state index in [0.29, 0.717) is 26.4 Å². The van der Waals surface area contributed by atoms with Gasteiger partial charge in [0.25, 0.3) is 11.5 Å². The Morgan fingerprint density at radius 1 is 1.00 bits per heavy atom. The van der Waals surface area contributed by atoms with Gasteiger partial charge < -0.3 is 9.47 Å². The number of thioether (sulfide) groups is 1. The van der Waals surface area contributed by atoms with Crippen LogP contribution in [0.4, 0.5) is 0 Å². The summed E-state index contributed by atoms with van der Waals surface area (Å²) >= 11 is 6.72. The SMILES string of the molecule is COc1ccccc1Oc1nc2c(C)cccn2c(=O)c1/C=C1/SC(=S)N(C(C)c2ccccc2)C1=O. The molecule has 1 amide bonds. The summed E-state index contributed by atoms with van der Waals surface area (Å²) in [6.07, 6.45) is 3.16. The molecule has 1 unspecified atom stereocenters. The maximum atomic E-state index is 13.7. The lowest BCUT2D eigenvalue weighted by Crippen LogP contribution is -2.31. The number of thiocarbonyl (C=S) groups is 1. The number of ether oxygens (including phenoxy) is 2. The van der Waals surface area contributed by atoms with Crippen LogP contribution in [0, 0.1) is 6.92 Å². The number of rotatable bonds is 6. The van der Waals surface area contributed by atoms with Crippen molar-refractivity contribution < 1.29 is 14.3 Å². The summed E-state index contributed by atoms with van der Waals surface area (Å²) in [5, 5.41) is 0. The van der Waals surface area contributed by atoms with Crippen molar-refractivity contribution in [3.8, 4) is 17.4 Å². The van der Waals surface area contributed by atoms with E-state index < -0.39 is 0 Å². The minimum Gasteiger partial charge on any atom is -0.493 e. The Morgan fingerprint density at radius 3 is 2.43 bits per heavy atom. The standard InChI is InChI=1S/C28H23N3O4S2/c1-17-10-9-15-30-24(17)29-25(35-22-14-8-7-13-21(22)34-3)20(26(30)32)16-23-27(33)31(28(36)37-23)18(2)19-11-5-4-6-12-19/h4-16,18H,1-3H3/b23-16+. The molecule has 9 heteroatoms. The van der Waals surface area contributed by atoms with Gasteiger partial charge in [-0.15, -0.1) is 0 Å². The molecule has 0 radical (unpaired) electrons. The smallest absolute Gasteiger partial charge is 0.269 e. The molecule has 0 spiro atoms. The quantitative estimate of drug-likeness (QED) is 0.232. The number of methoxy groups -OCH3 is 1. The van der Waals surface area contributed by atoms with Gasteiger partial charge >= 0.3 is 0 Å². The van der Waals surface area contributed by atoms with Gasteiger partial charge in [-0.05, 0) is 49.2 Å². The molecule has 3 heterocycles. The third kappa shape index (κ3) is 4.63. The van der Waals surface area contributed by atoms with Crippen LogP contribution < -0.4 is 15.0 Å². The maximum absolute atomic E-state index is 13.7. The van der Waals surface area contributed by atoms with Gasteiger partial charge in [-0.25, -0.2) is 0 Å². The van der Waals surface area contributed by atoms with E-state index in [-0.39, 0.29) is 29.0 Å². The number of aryl methyl sites for hydroxylation is 1. The fourth-order valence-corrected chi connectivity index (χ4v) is 5.53. The molecule has 0 N–H and O–H groups in total. The second-order valence-corrected chi connectivity index (χ2v) is 10.1. The van der Waals surface area contributed by atoms with Gasteiger partial charge in [0.1, 0.15) is 15.5 Å². The van der Waals surface area contributed by atoms with Gasteiger partial charge in [-0.1, -0.05) is 72.5 Å². The second kappa shape index (κ2) is 10.2. The number of carbonyl (C=O) groups excluding carboxylic acids is 1. The lowest BCUT2D eigenvalue weighted by atomic mass is 10.1. The van der Waals surface area contributed by atoms with Crippen molar-refractivity contribution in [2.75, 3.05) is 7.11 Å². The van der Waals surface area contributed by atoms with Crippen LogP contribution in [0.5, 0.6) is 17.4 Å². The Labute approximate surface area is 223 Å². The minimum atomic E-state index is -0.361. The number of pyridine rings is 1. The molecule has 1 fully saturated rings. The zero-order chi connectivity index (χ0) is 26.1. The number of hydrogen-bond donors (Lipinski definition) is 0. The maximum Gasteiger partial charge on any atom is 0.269 e. The van der Waals surface area contributed by atoms with E-state index in [1.54, 1.807) is 35.4 Å². The van der Waals surface area contributed by atoms with E-state index in [1.165, 1.54) is 17.6 Å². The van der Waals surface area contributed by atoms with Crippen molar-refractivity contribution in [2.24, 2.45) is 0 Å². The average Bonchev–Trinajstić information content (AvgIpc) is 3.19. The first kappa shape index (κ1) is 24.7. The Morgan fingerprint density at radius 2 is 1.70 bits per heavy atom. The first-order valence-electron chi connectivity index (χ1n) is 11.5. The van der Waals surface area contributed by atoms with Crippen LogP contribution in [-0.2, 0) is 4.79 Å². The molecule has 2 aromatic heterocycles. The van der Waals surface area contributed by atoms with Gasteiger partial charge in [0.05, 0.1) is 18.1 Å². The van der Waals surface area contributed by atoms with E-state index in [4.69, 9.17) is 21.7 Å². The summed E-state index contributed by atoms with van der Waals surface area (Å²) in [6.45, 7) is 3.79. The first-order valence-corrected chi connectivity index (χ1v) is 12.8. The van der Waals surface area contributed by atoms with Gasteiger partial charge in [0.2, 0.25) is 5.88 Å². The normalized spacial score (nSPS) is 15.4. The molecule has 1 saturated heterocycles. The number of nitrogens with zero attached hydrogens (tertiary/aromatic N) is 3. The van der Waals surface area contributed by atoms with Gasteiger partial charge in [0, 0.05) is 6.20 Å². The summed E-state index contributed by atoms with van der Waals surface area (Å²) in [6, 6.07) is 20.1. The van der Waals surface area contributed by atoms with E-state index in [0.717, 1.165) is 22.9 Å². The van der Waals surface area contributed by atoms with Crippen LogP contribution in [0.3, 0.4) is 0 Å². The van der Waals surface area contributed by atoms with Crippen molar-refractivity contribution in [2.45, 2.75) is 19.9 Å². The molecule has 37 heavy (non-hydrogen) atoms. The lowest BCUT2D eigenvalue weighted by Gasteiger charge is -2.23. The first-order chi connectivity index (χ1) is 17.9. The number of amides is 1. The second-order valence-electron chi connectivity index (χ2n) is 8.41. The number of carbonyl (C=O) groups is 1. The van der Waals surface area contributed by atoms with Crippen LogP contribution in [0.1, 0.15) is 29.7 Å². The average molecular weight is 530 g/mol. The molecule has 0 saturated carbocycles. The predicted octanol–water partition coefficient (Wildman–Crippen LogP) is 5.77. The fraction of sp³-hybridized carbons (Fsp3) is 0.143. The van der Waals surface area contributed by atoms with Crippen LogP contribution >= 0.6 is 24.0 Å². The van der Waals surface area contributed by atoms with Crippen molar-refractivity contribution >= 4 is 45.9 Å². The third-order valence-electron chi connectivity index (χ3n) is 6.09. The van der Waals surface area contributed by atoms with Crippen molar-refractivity contribution in [3.05, 3.63) is 105 Å².